The molecule has 0 unspecified atom stereocenters. The first kappa shape index (κ1) is 18.3. The lowest BCUT2D eigenvalue weighted by molar-refractivity contribution is 0.102. The summed E-state index contributed by atoms with van der Waals surface area (Å²) in [5.74, 6) is 1.14. The van der Waals surface area contributed by atoms with Crippen LogP contribution < -0.4 is 20.5 Å². The van der Waals surface area contributed by atoms with Crippen LogP contribution in [-0.4, -0.2) is 26.2 Å². The molecule has 1 amide bonds. The fraction of sp³-hybridized carbons (Fsp3) is 0.267. The van der Waals surface area contributed by atoms with E-state index in [1.54, 1.807) is 31.4 Å². The van der Waals surface area contributed by atoms with Gasteiger partial charge in [0.15, 0.2) is 0 Å². The second-order valence-electron chi connectivity index (χ2n) is 4.37. The van der Waals surface area contributed by atoms with Gasteiger partial charge < -0.3 is 20.5 Å². The molecule has 2 aromatic rings. The molecule has 0 bridgehead atoms. The number of hydrogen-bond acceptors (Lipinski definition) is 5. The lowest BCUT2D eigenvalue weighted by Crippen LogP contribution is -2.12. The van der Waals surface area contributed by atoms with Gasteiger partial charge in [-0.25, -0.2) is 0 Å². The van der Waals surface area contributed by atoms with Crippen LogP contribution in [-0.2, 0) is 0 Å². The smallest absolute Gasteiger partial charge is 0.269 e. The Bertz CT molecular complexity index is 614. The minimum absolute atomic E-state index is 0. The summed E-state index contributed by atoms with van der Waals surface area (Å²) in [4.78, 5) is 13.8. The van der Waals surface area contributed by atoms with Crippen molar-refractivity contribution in [3.05, 3.63) is 40.1 Å². The van der Waals surface area contributed by atoms with E-state index in [4.69, 9.17) is 15.2 Å². The highest BCUT2D eigenvalue weighted by atomic mass is 35.5. The van der Waals surface area contributed by atoms with E-state index in [1.165, 1.54) is 11.3 Å². The number of thiophene rings is 1. The zero-order chi connectivity index (χ0) is 15.2. The molecular weight excluding hydrogens is 324 g/mol. The van der Waals surface area contributed by atoms with Gasteiger partial charge in [0, 0.05) is 17.1 Å². The van der Waals surface area contributed by atoms with Crippen LogP contribution in [0, 0.1) is 6.92 Å². The summed E-state index contributed by atoms with van der Waals surface area (Å²) in [7, 11) is 1.56. The summed E-state index contributed by atoms with van der Waals surface area (Å²) in [5, 5.41) is 2.84. The zero-order valence-electron chi connectivity index (χ0n) is 12.4. The molecule has 0 saturated heterocycles. The van der Waals surface area contributed by atoms with Crippen LogP contribution in [0.5, 0.6) is 11.5 Å². The van der Waals surface area contributed by atoms with Crippen LogP contribution in [0.1, 0.15) is 14.5 Å². The highest BCUT2D eigenvalue weighted by Gasteiger charge is 2.15. The predicted octanol–water partition coefficient (Wildman–Crippen LogP) is 3.08. The van der Waals surface area contributed by atoms with E-state index in [1.807, 2.05) is 13.0 Å². The third-order valence-electron chi connectivity index (χ3n) is 2.75. The number of nitrogens with one attached hydrogen (secondary N) is 1. The molecule has 3 N–H and O–H groups in total. The van der Waals surface area contributed by atoms with E-state index >= 15 is 0 Å². The van der Waals surface area contributed by atoms with E-state index in [2.05, 4.69) is 5.32 Å². The maximum absolute atomic E-state index is 12.2. The Labute approximate surface area is 139 Å². The summed E-state index contributed by atoms with van der Waals surface area (Å²) >= 11 is 1.40. The van der Waals surface area contributed by atoms with Gasteiger partial charge in [0.1, 0.15) is 23.0 Å². The molecule has 0 aliphatic heterocycles. The maximum Gasteiger partial charge on any atom is 0.269 e. The first-order chi connectivity index (χ1) is 10.1. The van der Waals surface area contributed by atoms with E-state index in [0.717, 1.165) is 10.6 Å². The van der Waals surface area contributed by atoms with Crippen molar-refractivity contribution in [3.8, 4) is 11.5 Å². The third kappa shape index (κ3) is 4.62. The highest BCUT2D eigenvalue weighted by molar-refractivity contribution is 7.14. The van der Waals surface area contributed by atoms with Gasteiger partial charge in [0.05, 0.1) is 7.11 Å². The van der Waals surface area contributed by atoms with Crippen molar-refractivity contribution in [3.63, 3.8) is 0 Å². The summed E-state index contributed by atoms with van der Waals surface area (Å²) in [6.07, 6.45) is 0. The SMILES string of the molecule is COc1cc(C)sc1C(=O)Nc1ccc(OCCN)cc1.Cl. The summed E-state index contributed by atoms with van der Waals surface area (Å²) < 4.78 is 10.6. The van der Waals surface area contributed by atoms with Crippen LogP contribution in [0.3, 0.4) is 0 Å². The van der Waals surface area contributed by atoms with Gasteiger partial charge in [-0.2, -0.15) is 0 Å². The molecule has 22 heavy (non-hydrogen) atoms. The number of carbonyl (C=O) groups excluding carboxylic acids is 1. The van der Waals surface area contributed by atoms with Crippen molar-refractivity contribution in [1.82, 2.24) is 0 Å². The number of halogens is 1. The second-order valence-corrected chi connectivity index (χ2v) is 5.63. The molecule has 5 nitrogen and oxygen atoms in total. The second kappa shape index (κ2) is 8.63. The normalized spacial score (nSPS) is 9.77. The Morgan fingerprint density at radius 1 is 1.32 bits per heavy atom. The largest absolute Gasteiger partial charge is 0.495 e. The molecule has 0 saturated carbocycles. The van der Waals surface area contributed by atoms with Crippen LogP contribution in [0.4, 0.5) is 5.69 Å². The molecule has 1 aromatic heterocycles. The van der Waals surface area contributed by atoms with Gasteiger partial charge >= 0.3 is 0 Å². The third-order valence-corrected chi connectivity index (χ3v) is 3.78. The summed E-state index contributed by atoms with van der Waals surface area (Å²) in [5.41, 5.74) is 6.08. The molecule has 0 radical (unpaired) electrons. The molecule has 0 aliphatic carbocycles. The summed E-state index contributed by atoms with van der Waals surface area (Å²) in [6, 6.07) is 9.01. The Balaban J connectivity index is 0.00000242. The van der Waals surface area contributed by atoms with Crippen molar-refractivity contribution < 1.29 is 14.3 Å². The molecule has 0 fully saturated rings. The highest BCUT2D eigenvalue weighted by Crippen LogP contribution is 2.29. The molecule has 0 aliphatic rings. The number of amides is 1. The molecule has 0 spiro atoms. The van der Waals surface area contributed by atoms with Gasteiger partial charge in [-0.3, -0.25) is 4.79 Å². The van der Waals surface area contributed by atoms with E-state index in [0.29, 0.717) is 29.5 Å². The number of hydrogen-bond donors (Lipinski definition) is 2. The van der Waals surface area contributed by atoms with Crippen molar-refractivity contribution in [1.29, 1.82) is 0 Å². The van der Waals surface area contributed by atoms with Gasteiger partial charge in [-0.1, -0.05) is 0 Å². The topological polar surface area (TPSA) is 73.6 Å². The van der Waals surface area contributed by atoms with Crippen molar-refractivity contribution in [2.75, 3.05) is 25.6 Å². The molecule has 1 heterocycles. The number of benzene rings is 1. The van der Waals surface area contributed by atoms with Crippen LogP contribution >= 0.6 is 23.7 Å². The number of rotatable bonds is 6. The standard InChI is InChI=1S/C15H18N2O3S.ClH/c1-10-9-13(19-2)14(21-10)15(18)17-11-3-5-12(6-4-11)20-8-7-16;/h3-6,9H,7-8,16H2,1-2H3,(H,17,18);1H. The number of ether oxygens (including phenoxy) is 2. The van der Waals surface area contributed by atoms with E-state index in [-0.39, 0.29) is 18.3 Å². The first-order valence-electron chi connectivity index (χ1n) is 6.52. The zero-order valence-corrected chi connectivity index (χ0v) is 14.1. The number of nitrogens with two attached hydrogens (primary N) is 1. The van der Waals surface area contributed by atoms with Crippen LogP contribution in [0.2, 0.25) is 0 Å². The van der Waals surface area contributed by atoms with Gasteiger partial charge in [-0.05, 0) is 37.3 Å². The molecule has 1 aromatic carbocycles. The summed E-state index contributed by atoms with van der Waals surface area (Å²) in [6.45, 7) is 2.88. The van der Waals surface area contributed by atoms with E-state index < -0.39 is 0 Å². The minimum Gasteiger partial charge on any atom is -0.495 e. The fourth-order valence-corrected chi connectivity index (χ4v) is 2.67. The fourth-order valence-electron chi connectivity index (χ4n) is 1.80. The average molecular weight is 343 g/mol. The minimum atomic E-state index is -0.180. The number of anilines is 1. The molecular formula is C15H19ClN2O3S. The number of carbonyl (C=O) groups is 1. The van der Waals surface area contributed by atoms with Crippen molar-refractivity contribution in [2.45, 2.75) is 6.92 Å². The monoisotopic (exact) mass is 342 g/mol. The number of methoxy groups -OCH3 is 1. The molecule has 120 valence electrons. The Kier molecular flexibility index (Phi) is 7.17. The Hall–Kier alpha value is -1.76. The van der Waals surface area contributed by atoms with E-state index in [9.17, 15) is 4.79 Å². The average Bonchev–Trinajstić information content (AvgIpc) is 2.88. The van der Waals surface area contributed by atoms with Crippen molar-refractivity contribution >= 4 is 35.3 Å². The quantitative estimate of drug-likeness (QED) is 0.846. The Morgan fingerprint density at radius 3 is 2.59 bits per heavy atom. The van der Waals surface area contributed by atoms with Gasteiger partial charge in [0.25, 0.3) is 5.91 Å². The van der Waals surface area contributed by atoms with Crippen LogP contribution in [0.25, 0.3) is 0 Å². The van der Waals surface area contributed by atoms with Crippen molar-refractivity contribution in [2.24, 2.45) is 5.73 Å². The lowest BCUT2D eigenvalue weighted by atomic mass is 10.3. The Morgan fingerprint density at radius 2 is 2.00 bits per heavy atom. The molecule has 2 rings (SSSR count). The van der Waals surface area contributed by atoms with Crippen LogP contribution in [0.15, 0.2) is 30.3 Å². The number of aryl methyl sites for hydroxylation is 1. The lowest BCUT2D eigenvalue weighted by Gasteiger charge is -2.07. The van der Waals surface area contributed by atoms with Gasteiger partial charge in [-0.15, -0.1) is 23.7 Å². The molecule has 7 heteroatoms. The van der Waals surface area contributed by atoms with Gasteiger partial charge in [0.2, 0.25) is 0 Å². The first-order valence-corrected chi connectivity index (χ1v) is 7.34. The molecule has 0 atom stereocenters. The predicted molar refractivity (Wildman–Crippen MR) is 91.8 cm³/mol. The maximum atomic E-state index is 12.2.